The minimum atomic E-state index is 0.652. The maximum Gasteiger partial charge on any atom is 0.120 e. The predicted octanol–water partition coefficient (Wildman–Crippen LogP) is 3.86. The maximum atomic E-state index is 10.5. The Hall–Kier alpha value is -1.11. The van der Waals surface area contributed by atoms with Crippen LogP contribution < -0.4 is 0 Å². The summed E-state index contributed by atoms with van der Waals surface area (Å²) < 4.78 is 0. The van der Waals surface area contributed by atoms with Crippen LogP contribution in [0.15, 0.2) is 24.3 Å². The smallest absolute Gasteiger partial charge is 0.120 e. The summed E-state index contributed by atoms with van der Waals surface area (Å²) in [5.41, 5.74) is 2.81. The van der Waals surface area contributed by atoms with Crippen LogP contribution in [0.2, 0.25) is 0 Å². The second-order valence-electron chi connectivity index (χ2n) is 5.03. The highest BCUT2D eigenvalue weighted by atomic mass is 16.1. The SMILES string of the molecule is Cc1ccc(C2CCC(CC=O)CC2)cc1. The van der Waals surface area contributed by atoms with Gasteiger partial charge in [0.15, 0.2) is 0 Å². The third kappa shape index (κ3) is 2.72. The van der Waals surface area contributed by atoms with Crippen molar-refractivity contribution < 1.29 is 4.79 Å². The van der Waals surface area contributed by atoms with Crippen LogP contribution in [0.5, 0.6) is 0 Å². The zero-order valence-electron chi connectivity index (χ0n) is 9.99. The fraction of sp³-hybridized carbons (Fsp3) is 0.533. The molecule has 1 saturated carbocycles. The predicted molar refractivity (Wildman–Crippen MR) is 66.6 cm³/mol. The topological polar surface area (TPSA) is 17.1 Å². The first-order valence-corrected chi connectivity index (χ1v) is 6.30. The van der Waals surface area contributed by atoms with Gasteiger partial charge >= 0.3 is 0 Å². The van der Waals surface area contributed by atoms with Crippen molar-refractivity contribution in [1.29, 1.82) is 0 Å². The van der Waals surface area contributed by atoms with E-state index in [0.717, 1.165) is 18.6 Å². The quantitative estimate of drug-likeness (QED) is 0.701. The summed E-state index contributed by atoms with van der Waals surface area (Å²) >= 11 is 0. The Labute approximate surface area is 97.9 Å². The molecule has 0 unspecified atom stereocenters. The second-order valence-corrected chi connectivity index (χ2v) is 5.03. The number of rotatable bonds is 3. The van der Waals surface area contributed by atoms with Gasteiger partial charge in [0.25, 0.3) is 0 Å². The number of hydrogen-bond donors (Lipinski definition) is 0. The van der Waals surface area contributed by atoms with E-state index in [1.165, 1.54) is 36.8 Å². The molecular weight excluding hydrogens is 196 g/mol. The van der Waals surface area contributed by atoms with Gasteiger partial charge in [-0.3, -0.25) is 0 Å². The number of aldehydes is 1. The van der Waals surface area contributed by atoms with Crippen LogP contribution in [0.1, 0.15) is 49.1 Å². The van der Waals surface area contributed by atoms with E-state index in [1.54, 1.807) is 0 Å². The Kier molecular flexibility index (Phi) is 3.76. The molecule has 86 valence electrons. The summed E-state index contributed by atoms with van der Waals surface area (Å²) in [6, 6.07) is 8.93. The van der Waals surface area contributed by atoms with Crippen molar-refractivity contribution in [1.82, 2.24) is 0 Å². The van der Waals surface area contributed by atoms with E-state index in [4.69, 9.17) is 0 Å². The molecule has 0 spiro atoms. The molecule has 0 aliphatic heterocycles. The molecule has 0 atom stereocenters. The third-order valence-corrected chi connectivity index (χ3v) is 3.83. The molecule has 1 aromatic carbocycles. The highest BCUT2D eigenvalue weighted by Gasteiger charge is 2.21. The Morgan fingerprint density at radius 2 is 1.75 bits per heavy atom. The molecule has 1 fully saturated rings. The molecule has 2 rings (SSSR count). The lowest BCUT2D eigenvalue weighted by atomic mass is 9.78. The van der Waals surface area contributed by atoms with Crippen molar-refractivity contribution in [2.24, 2.45) is 5.92 Å². The van der Waals surface area contributed by atoms with Gasteiger partial charge in [0.05, 0.1) is 0 Å². The van der Waals surface area contributed by atoms with Crippen LogP contribution in [0.25, 0.3) is 0 Å². The van der Waals surface area contributed by atoms with E-state index in [2.05, 4.69) is 31.2 Å². The van der Waals surface area contributed by atoms with Gasteiger partial charge in [-0.2, -0.15) is 0 Å². The van der Waals surface area contributed by atoms with Gasteiger partial charge in [0, 0.05) is 6.42 Å². The van der Waals surface area contributed by atoms with Crippen molar-refractivity contribution in [3.8, 4) is 0 Å². The van der Waals surface area contributed by atoms with Crippen molar-refractivity contribution in [2.75, 3.05) is 0 Å². The lowest BCUT2D eigenvalue weighted by Gasteiger charge is -2.27. The molecular formula is C15H20O. The summed E-state index contributed by atoms with van der Waals surface area (Å²) in [5, 5.41) is 0. The van der Waals surface area contributed by atoms with Crippen molar-refractivity contribution in [3.05, 3.63) is 35.4 Å². The largest absolute Gasteiger partial charge is 0.303 e. The Balaban J connectivity index is 1.93. The average molecular weight is 216 g/mol. The first-order valence-electron chi connectivity index (χ1n) is 6.30. The fourth-order valence-corrected chi connectivity index (χ4v) is 2.71. The Morgan fingerprint density at radius 1 is 1.12 bits per heavy atom. The number of carbonyl (C=O) groups is 1. The van der Waals surface area contributed by atoms with E-state index in [1.807, 2.05) is 0 Å². The Morgan fingerprint density at radius 3 is 2.31 bits per heavy atom. The lowest BCUT2D eigenvalue weighted by molar-refractivity contribution is -0.108. The molecule has 0 amide bonds. The standard InChI is InChI=1S/C15H20O/c1-12-2-6-14(7-3-12)15-8-4-13(5-9-15)10-11-16/h2-3,6-7,11,13,15H,4-5,8-10H2,1H3. The van der Waals surface area contributed by atoms with Crippen molar-refractivity contribution in [3.63, 3.8) is 0 Å². The maximum absolute atomic E-state index is 10.5. The molecule has 1 heteroatoms. The van der Waals surface area contributed by atoms with E-state index in [0.29, 0.717) is 5.92 Å². The number of carbonyl (C=O) groups excluding carboxylic acids is 1. The molecule has 0 heterocycles. The first-order chi connectivity index (χ1) is 7.79. The Bertz CT molecular complexity index is 331. The van der Waals surface area contributed by atoms with Crippen LogP contribution >= 0.6 is 0 Å². The zero-order valence-corrected chi connectivity index (χ0v) is 9.99. The molecule has 1 nitrogen and oxygen atoms in total. The van der Waals surface area contributed by atoms with Gasteiger partial charge in [-0.1, -0.05) is 29.8 Å². The minimum Gasteiger partial charge on any atom is -0.303 e. The van der Waals surface area contributed by atoms with E-state index in [-0.39, 0.29) is 0 Å². The van der Waals surface area contributed by atoms with Gasteiger partial charge < -0.3 is 4.79 Å². The number of aryl methyl sites for hydroxylation is 1. The molecule has 0 N–H and O–H groups in total. The van der Waals surface area contributed by atoms with Crippen LogP contribution in [-0.4, -0.2) is 6.29 Å². The molecule has 0 radical (unpaired) electrons. The van der Waals surface area contributed by atoms with Crippen LogP contribution in [-0.2, 0) is 4.79 Å². The first kappa shape index (κ1) is 11.4. The lowest BCUT2D eigenvalue weighted by Crippen LogP contribution is -2.13. The molecule has 1 aromatic rings. The number of benzene rings is 1. The molecule has 1 aliphatic carbocycles. The molecule has 0 saturated heterocycles. The van der Waals surface area contributed by atoms with Gasteiger partial charge in [-0.15, -0.1) is 0 Å². The normalized spacial score (nSPS) is 25.3. The minimum absolute atomic E-state index is 0.652. The molecule has 16 heavy (non-hydrogen) atoms. The van der Waals surface area contributed by atoms with Crippen LogP contribution in [0.4, 0.5) is 0 Å². The van der Waals surface area contributed by atoms with Crippen molar-refractivity contribution >= 4 is 6.29 Å². The summed E-state index contributed by atoms with van der Waals surface area (Å²) in [7, 11) is 0. The second kappa shape index (κ2) is 5.29. The van der Waals surface area contributed by atoms with Crippen molar-refractivity contribution in [2.45, 2.75) is 44.9 Å². The average Bonchev–Trinajstić information content (AvgIpc) is 2.32. The summed E-state index contributed by atoms with van der Waals surface area (Å²) in [4.78, 5) is 10.5. The molecule has 0 aromatic heterocycles. The summed E-state index contributed by atoms with van der Waals surface area (Å²) in [6.45, 7) is 2.13. The van der Waals surface area contributed by atoms with Gasteiger partial charge in [0.1, 0.15) is 6.29 Å². The third-order valence-electron chi connectivity index (χ3n) is 3.83. The van der Waals surface area contributed by atoms with E-state index >= 15 is 0 Å². The van der Waals surface area contributed by atoms with Gasteiger partial charge in [-0.05, 0) is 50.0 Å². The highest BCUT2D eigenvalue weighted by molar-refractivity contribution is 5.49. The number of hydrogen-bond acceptors (Lipinski definition) is 1. The molecule has 1 aliphatic rings. The van der Waals surface area contributed by atoms with Gasteiger partial charge in [-0.25, -0.2) is 0 Å². The van der Waals surface area contributed by atoms with E-state index in [9.17, 15) is 4.79 Å². The van der Waals surface area contributed by atoms with Crippen LogP contribution in [0.3, 0.4) is 0 Å². The summed E-state index contributed by atoms with van der Waals surface area (Å²) in [6.07, 6.45) is 6.79. The summed E-state index contributed by atoms with van der Waals surface area (Å²) in [5.74, 6) is 1.38. The highest BCUT2D eigenvalue weighted by Crippen LogP contribution is 2.36. The monoisotopic (exact) mass is 216 g/mol. The zero-order chi connectivity index (χ0) is 11.4. The van der Waals surface area contributed by atoms with E-state index < -0.39 is 0 Å². The van der Waals surface area contributed by atoms with Crippen LogP contribution in [0, 0.1) is 12.8 Å². The molecule has 0 bridgehead atoms. The fourth-order valence-electron chi connectivity index (χ4n) is 2.71. The van der Waals surface area contributed by atoms with Gasteiger partial charge in [0.2, 0.25) is 0 Å².